The van der Waals surface area contributed by atoms with E-state index in [-0.39, 0.29) is 5.91 Å². The van der Waals surface area contributed by atoms with Crippen molar-refractivity contribution >= 4 is 50.7 Å². The lowest BCUT2D eigenvalue weighted by molar-refractivity contribution is -0.119. The fourth-order valence-corrected chi connectivity index (χ4v) is 3.68. The number of halogens is 3. The van der Waals surface area contributed by atoms with E-state index in [1.54, 1.807) is 40.7 Å². The van der Waals surface area contributed by atoms with Crippen LogP contribution in [0.3, 0.4) is 0 Å². The molecular formula is C19H20BrCl2N5O. The van der Waals surface area contributed by atoms with Gasteiger partial charge in [-0.2, -0.15) is 10.2 Å². The molecule has 0 bridgehead atoms. The topological polar surface area (TPSA) is 64.7 Å². The molecule has 1 aromatic carbocycles. The standard InChI is InChI=1S/C19H20BrCl2N5O/c1-10-15(20)9-27(24-10)13(4)19(28)23-18-11(2)25-26(12(18)3)8-14-16(21)6-5-7-17(14)22/h5-7,9,13H,8H2,1-4H3,(H,23,28). The number of rotatable bonds is 5. The Kier molecular flexibility index (Phi) is 6.17. The predicted molar refractivity (Wildman–Crippen MR) is 115 cm³/mol. The zero-order valence-electron chi connectivity index (χ0n) is 15.9. The molecule has 0 radical (unpaired) electrons. The molecule has 28 heavy (non-hydrogen) atoms. The highest BCUT2D eigenvalue weighted by atomic mass is 79.9. The van der Waals surface area contributed by atoms with Crippen molar-refractivity contribution in [2.24, 2.45) is 0 Å². The van der Waals surface area contributed by atoms with Crippen LogP contribution < -0.4 is 5.32 Å². The van der Waals surface area contributed by atoms with Gasteiger partial charge in [-0.3, -0.25) is 14.2 Å². The minimum atomic E-state index is -0.467. The summed E-state index contributed by atoms with van der Waals surface area (Å²) in [6, 6.07) is 4.93. The van der Waals surface area contributed by atoms with Gasteiger partial charge in [0.2, 0.25) is 5.91 Å². The van der Waals surface area contributed by atoms with Gasteiger partial charge in [-0.25, -0.2) is 0 Å². The number of amides is 1. The normalized spacial score (nSPS) is 12.2. The number of aromatic nitrogens is 4. The van der Waals surface area contributed by atoms with E-state index in [2.05, 4.69) is 31.4 Å². The maximum atomic E-state index is 12.7. The number of carbonyl (C=O) groups is 1. The molecule has 1 N–H and O–H groups in total. The molecule has 6 nitrogen and oxygen atoms in total. The number of nitrogens with one attached hydrogen (secondary N) is 1. The Morgan fingerprint density at radius 3 is 2.39 bits per heavy atom. The van der Waals surface area contributed by atoms with E-state index < -0.39 is 6.04 Å². The Morgan fingerprint density at radius 2 is 1.82 bits per heavy atom. The molecule has 148 valence electrons. The van der Waals surface area contributed by atoms with Crippen molar-refractivity contribution in [3.63, 3.8) is 0 Å². The molecule has 0 saturated heterocycles. The van der Waals surface area contributed by atoms with E-state index in [0.717, 1.165) is 27.1 Å². The van der Waals surface area contributed by atoms with Gasteiger partial charge < -0.3 is 5.32 Å². The molecule has 0 spiro atoms. The largest absolute Gasteiger partial charge is 0.321 e. The molecule has 0 aliphatic heterocycles. The van der Waals surface area contributed by atoms with Crippen LogP contribution in [0.1, 0.15) is 35.6 Å². The van der Waals surface area contributed by atoms with Crippen molar-refractivity contribution in [1.29, 1.82) is 0 Å². The van der Waals surface area contributed by atoms with Crippen LogP contribution in [0.4, 0.5) is 5.69 Å². The van der Waals surface area contributed by atoms with Crippen LogP contribution in [0, 0.1) is 20.8 Å². The first kappa shape index (κ1) is 20.9. The fourth-order valence-electron chi connectivity index (χ4n) is 2.87. The molecule has 0 saturated carbocycles. The van der Waals surface area contributed by atoms with E-state index in [1.807, 2.05) is 20.8 Å². The lowest BCUT2D eigenvalue weighted by atomic mass is 10.2. The van der Waals surface area contributed by atoms with Crippen LogP contribution in [0.5, 0.6) is 0 Å². The van der Waals surface area contributed by atoms with Crippen LogP contribution in [0.2, 0.25) is 10.0 Å². The molecule has 0 aliphatic carbocycles. The zero-order valence-corrected chi connectivity index (χ0v) is 19.0. The Balaban J connectivity index is 1.83. The lowest BCUT2D eigenvalue weighted by Gasteiger charge is -2.13. The van der Waals surface area contributed by atoms with Gasteiger partial charge in [0.15, 0.2) is 0 Å². The number of hydrogen-bond acceptors (Lipinski definition) is 3. The van der Waals surface area contributed by atoms with Crippen molar-refractivity contribution in [1.82, 2.24) is 19.6 Å². The highest BCUT2D eigenvalue weighted by Crippen LogP contribution is 2.28. The van der Waals surface area contributed by atoms with Gasteiger partial charge in [-0.15, -0.1) is 0 Å². The molecule has 1 unspecified atom stereocenters. The third-order valence-corrected chi connectivity index (χ3v) is 6.12. The number of hydrogen-bond donors (Lipinski definition) is 1. The molecule has 2 heterocycles. The molecule has 9 heteroatoms. The Labute approximate surface area is 182 Å². The van der Waals surface area contributed by atoms with Gasteiger partial charge in [0.25, 0.3) is 0 Å². The minimum absolute atomic E-state index is 0.170. The summed E-state index contributed by atoms with van der Waals surface area (Å²) < 4.78 is 4.29. The van der Waals surface area contributed by atoms with Gasteiger partial charge in [0.05, 0.1) is 33.8 Å². The second-order valence-electron chi connectivity index (χ2n) is 6.61. The average Bonchev–Trinajstić information content (AvgIpc) is 3.11. The number of anilines is 1. The summed E-state index contributed by atoms with van der Waals surface area (Å²) in [6.45, 7) is 7.85. The summed E-state index contributed by atoms with van der Waals surface area (Å²) in [7, 11) is 0. The minimum Gasteiger partial charge on any atom is -0.321 e. The van der Waals surface area contributed by atoms with Crippen LogP contribution in [0.15, 0.2) is 28.9 Å². The van der Waals surface area contributed by atoms with Crippen LogP contribution in [-0.2, 0) is 11.3 Å². The molecule has 0 fully saturated rings. The average molecular weight is 485 g/mol. The highest BCUT2D eigenvalue weighted by molar-refractivity contribution is 9.10. The monoisotopic (exact) mass is 483 g/mol. The number of aryl methyl sites for hydroxylation is 2. The quantitative estimate of drug-likeness (QED) is 0.532. The second kappa shape index (κ2) is 8.27. The number of nitrogens with zero attached hydrogens (tertiary/aromatic N) is 4. The Hall–Kier alpha value is -1.83. The third kappa shape index (κ3) is 4.11. The Morgan fingerprint density at radius 1 is 1.18 bits per heavy atom. The lowest BCUT2D eigenvalue weighted by Crippen LogP contribution is -2.24. The summed E-state index contributed by atoms with van der Waals surface area (Å²) in [4.78, 5) is 12.7. The summed E-state index contributed by atoms with van der Waals surface area (Å²) in [5.41, 5.74) is 3.85. The van der Waals surface area contributed by atoms with E-state index in [1.165, 1.54) is 0 Å². The molecular weight excluding hydrogens is 465 g/mol. The van der Waals surface area contributed by atoms with Gasteiger partial charge in [-0.05, 0) is 55.8 Å². The molecule has 3 rings (SSSR count). The SMILES string of the molecule is Cc1nn(C(C)C(=O)Nc2c(C)nn(Cc3c(Cl)cccc3Cl)c2C)cc1Br. The second-order valence-corrected chi connectivity index (χ2v) is 8.28. The summed E-state index contributed by atoms with van der Waals surface area (Å²) in [5, 5.41) is 13.0. The molecule has 2 aromatic heterocycles. The number of carbonyl (C=O) groups excluding carboxylic acids is 1. The summed E-state index contributed by atoms with van der Waals surface area (Å²) in [5.74, 6) is -0.170. The van der Waals surface area contributed by atoms with Crippen molar-refractivity contribution in [2.75, 3.05) is 5.32 Å². The first-order chi connectivity index (χ1) is 13.2. The predicted octanol–water partition coefficient (Wildman–Crippen LogP) is 5.32. The van der Waals surface area contributed by atoms with E-state index in [4.69, 9.17) is 23.2 Å². The van der Waals surface area contributed by atoms with Crippen LogP contribution in [0.25, 0.3) is 0 Å². The van der Waals surface area contributed by atoms with Crippen molar-refractivity contribution < 1.29 is 4.79 Å². The van der Waals surface area contributed by atoms with Crippen molar-refractivity contribution in [3.05, 3.63) is 61.6 Å². The van der Waals surface area contributed by atoms with Gasteiger partial charge in [-0.1, -0.05) is 29.3 Å². The maximum Gasteiger partial charge on any atom is 0.249 e. The Bertz CT molecular complexity index is 1000. The van der Waals surface area contributed by atoms with Gasteiger partial charge in [0.1, 0.15) is 6.04 Å². The van der Waals surface area contributed by atoms with Crippen molar-refractivity contribution in [3.8, 4) is 0 Å². The van der Waals surface area contributed by atoms with Gasteiger partial charge >= 0.3 is 0 Å². The summed E-state index contributed by atoms with van der Waals surface area (Å²) in [6.07, 6.45) is 1.79. The molecule has 1 atom stereocenters. The van der Waals surface area contributed by atoms with E-state index in [0.29, 0.717) is 22.3 Å². The smallest absolute Gasteiger partial charge is 0.249 e. The highest BCUT2D eigenvalue weighted by Gasteiger charge is 2.21. The number of benzene rings is 1. The van der Waals surface area contributed by atoms with Crippen LogP contribution >= 0.6 is 39.1 Å². The maximum absolute atomic E-state index is 12.7. The fraction of sp³-hybridized carbons (Fsp3) is 0.316. The molecule has 1 amide bonds. The first-order valence-electron chi connectivity index (χ1n) is 8.68. The first-order valence-corrected chi connectivity index (χ1v) is 10.2. The van der Waals surface area contributed by atoms with Crippen LogP contribution in [-0.4, -0.2) is 25.5 Å². The van der Waals surface area contributed by atoms with Gasteiger partial charge in [0, 0.05) is 21.8 Å². The summed E-state index contributed by atoms with van der Waals surface area (Å²) >= 11 is 16.0. The zero-order chi connectivity index (χ0) is 20.6. The molecule has 0 aliphatic rings. The molecule has 3 aromatic rings. The third-order valence-electron chi connectivity index (χ3n) is 4.63. The van der Waals surface area contributed by atoms with E-state index >= 15 is 0 Å². The van der Waals surface area contributed by atoms with E-state index in [9.17, 15) is 4.79 Å². The van der Waals surface area contributed by atoms with Crippen molar-refractivity contribution in [2.45, 2.75) is 40.3 Å².